The Morgan fingerprint density at radius 3 is 2.95 bits per heavy atom. The molecule has 1 aromatic carbocycles. The van der Waals surface area contributed by atoms with Crippen LogP contribution in [0.5, 0.6) is 0 Å². The van der Waals surface area contributed by atoms with Crippen LogP contribution in [0.4, 0.5) is 4.39 Å². The zero-order chi connectivity index (χ0) is 13.2. The molecule has 0 saturated heterocycles. The van der Waals surface area contributed by atoms with Crippen molar-refractivity contribution >= 4 is 22.6 Å². The highest BCUT2D eigenvalue weighted by Crippen LogP contribution is 2.19. The first-order valence-corrected chi connectivity index (χ1v) is 6.54. The number of aromatic nitrogens is 2. The smallest absolute Gasteiger partial charge is 0.125 e. The molecule has 0 aliphatic heterocycles. The predicted molar refractivity (Wildman–Crippen MR) is 71.7 cm³/mol. The van der Waals surface area contributed by atoms with E-state index in [1.807, 2.05) is 16.7 Å². The number of fused-ring (bicyclic) bond motifs is 1. The molecule has 5 heteroatoms. The second-order valence-electron chi connectivity index (χ2n) is 4.28. The highest BCUT2D eigenvalue weighted by Gasteiger charge is 2.11. The van der Waals surface area contributed by atoms with E-state index in [9.17, 15) is 4.39 Å². The molecular weight excluding hydrogens is 267 g/mol. The number of furan rings is 1. The van der Waals surface area contributed by atoms with Crippen molar-refractivity contribution in [3.8, 4) is 0 Å². The fourth-order valence-corrected chi connectivity index (χ4v) is 2.39. The number of hydrogen-bond acceptors (Lipinski definition) is 2. The molecule has 0 atom stereocenters. The van der Waals surface area contributed by atoms with Gasteiger partial charge >= 0.3 is 0 Å². The highest BCUT2D eigenvalue weighted by molar-refractivity contribution is 6.16. The van der Waals surface area contributed by atoms with Crippen LogP contribution in [0.3, 0.4) is 0 Å². The topological polar surface area (TPSA) is 31.0 Å². The van der Waals surface area contributed by atoms with Gasteiger partial charge in [0.05, 0.1) is 23.2 Å². The van der Waals surface area contributed by atoms with Crippen LogP contribution in [-0.4, -0.2) is 9.55 Å². The van der Waals surface area contributed by atoms with Gasteiger partial charge in [-0.25, -0.2) is 9.37 Å². The van der Waals surface area contributed by atoms with E-state index in [1.54, 1.807) is 12.3 Å². The molecule has 0 N–H and O–H groups in total. The summed E-state index contributed by atoms with van der Waals surface area (Å²) in [5.41, 5.74) is 1.53. The van der Waals surface area contributed by atoms with Crippen LogP contribution in [-0.2, 0) is 18.8 Å². The molecule has 3 aromatic rings. The molecular formula is C14H12ClFN2O. The molecule has 2 aromatic heterocycles. The molecule has 0 aliphatic carbocycles. The van der Waals surface area contributed by atoms with E-state index >= 15 is 0 Å². The van der Waals surface area contributed by atoms with Gasteiger partial charge in [0, 0.05) is 19.0 Å². The number of aryl methyl sites for hydroxylation is 2. The average Bonchev–Trinajstić information content (AvgIpc) is 3.02. The van der Waals surface area contributed by atoms with E-state index in [0.29, 0.717) is 17.9 Å². The van der Waals surface area contributed by atoms with Crippen molar-refractivity contribution in [1.29, 1.82) is 0 Å². The van der Waals surface area contributed by atoms with Gasteiger partial charge in [0.1, 0.15) is 17.4 Å². The van der Waals surface area contributed by atoms with Crippen LogP contribution in [0.25, 0.3) is 11.0 Å². The Labute approximate surface area is 114 Å². The maximum absolute atomic E-state index is 13.2. The molecule has 0 fully saturated rings. The quantitative estimate of drug-likeness (QED) is 0.681. The van der Waals surface area contributed by atoms with Crippen LogP contribution in [0.1, 0.15) is 11.6 Å². The second-order valence-corrected chi connectivity index (χ2v) is 4.54. The number of rotatable bonds is 4. The highest BCUT2D eigenvalue weighted by atomic mass is 35.5. The first-order valence-electron chi connectivity index (χ1n) is 6.01. The predicted octanol–water partition coefficient (Wildman–Crippen LogP) is 3.75. The summed E-state index contributed by atoms with van der Waals surface area (Å²) in [6.45, 7) is 0.706. The lowest BCUT2D eigenvalue weighted by Crippen LogP contribution is -2.04. The Morgan fingerprint density at radius 1 is 1.32 bits per heavy atom. The summed E-state index contributed by atoms with van der Waals surface area (Å²) in [4.78, 5) is 4.35. The Balaban J connectivity index is 1.96. The SMILES string of the molecule is Fc1ccc2c(c1)nc(CCl)n2CCc1ccco1. The summed E-state index contributed by atoms with van der Waals surface area (Å²) in [5.74, 6) is 1.66. The molecule has 0 unspecified atom stereocenters. The third kappa shape index (κ3) is 2.36. The van der Waals surface area contributed by atoms with Gasteiger partial charge in [-0.2, -0.15) is 0 Å². The molecule has 3 rings (SSSR count). The van der Waals surface area contributed by atoms with Crippen molar-refractivity contribution in [3.05, 3.63) is 54.0 Å². The van der Waals surface area contributed by atoms with Crippen molar-refractivity contribution in [3.63, 3.8) is 0 Å². The van der Waals surface area contributed by atoms with Crippen molar-refractivity contribution in [1.82, 2.24) is 9.55 Å². The van der Waals surface area contributed by atoms with Gasteiger partial charge in [0.25, 0.3) is 0 Å². The fraction of sp³-hybridized carbons (Fsp3) is 0.214. The number of benzene rings is 1. The standard InChI is InChI=1S/C14H12ClFN2O/c15-9-14-17-12-8-10(16)3-4-13(12)18(14)6-5-11-2-1-7-19-11/h1-4,7-8H,5-6,9H2. The van der Waals surface area contributed by atoms with Crippen LogP contribution >= 0.6 is 11.6 Å². The molecule has 0 aliphatic rings. The van der Waals surface area contributed by atoms with E-state index in [2.05, 4.69) is 4.98 Å². The minimum Gasteiger partial charge on any atom is -0.469 e. The van der Waals surface area contributed by atoms with Crippen molar-refractivity contribution in [2.75, 3.05) is 0 Å². The van der Waals surface area contributed by atoms with Gasteiger partial charge in [-0.15, -0.1) is 11.6 Å². The average molecular weight is 279 g/mol. The minimum atomic E-state index is -0.288. The summed E-state index contributed by atoms with van der Waals surface area (Å²) >= 11 is 5.90. The molecule has 0 amide bonds. The summed E-state index contributed by atoms with van der Waals surface area (Å²) in [6, 6.07) is 8.38. The molecule has 0 spiro atoms. The van der Waals surface area contributed by atoms with Gasteiger partial charge in [-0.3, -0.25) is 0 Å². The summed E-state index contributed by atoms with van der Waals surface area (Å²) in [5, 5.41) is 0. The molecule has 0 saturated carbocycles. The van der Waals surface area contributed by atoms with Crippen molar-refractivity contribution in [2.24, 2.45) is 0 Å². The number of halogens is 2. The van der Waals surface area contributed by atoms with Crippen LogP contribution in [0.15, 0.2) is 41.0 Å². The third-order valence-electron chi connectivity index (χ3n) is 3.07. The Bertz CT molecular complexity index is 691. The zero-order valence-electron chi connectivity index (χ0n) is 10.1. The Morgan fingerprint density at radius 2 is 2.21 bits per heavy atom. The lowest BCUT2D eigenvalue weighted by atomic mass is 10.3. The van der Waals surface area contributed by atoms with Crippen molar-refractivity contribution < 1.29 is 8.81 Å². The van der Waals surface area contributed by atoms with E-state index in [4.69, 9.17) is 16.0 Å². The first-order chi connectivity index (χ1) is 9.28. The second kappa shape index (κ2) is 5.05. The van der Waals surface area contributed by atoms with E-state index in [0.717, 1.165) is 23.5 Å². The maximum Gasteiger partial charge on any atom is 0.125 e. The molecule has 2 heterocycles. The van der Waals surface area contributed by atoms with Gasteiger partial charge in [0.2, 0.25) is 0 Å². The molecule has 3 nitrogen and oxygen atoms in total. The lowest BCUT2D eigenvalue weighted by molar-refractivity contribution is 0.491. The van der Waals surface area contributed by atoms with Crippen molar-refractivity contribution in [2.45, 2.75) is 18.8 Å². The van der Waals surface area contributed by atoms with E-state index in [1.165, 1.54) is 12.1 Å². The summed E-state index contributed by atoms with van der Waals surface area (Å²) < 4.78 is 20.5. The first kappa shape index (κ1) is 12.2. The lowest BCUT2D eigenvalue weighted by Gasteiger charge is -2.06. The Kier molecular flexibility index (Phi) is 3.25. The number of nitrogens with zero attached hydrogens (tertiary/aromatic N) is 2. The van der Waals surface area contributed by atoms with Gasteiger partial charge in [-0.1, -0.05) is 0 Å². The zero-order valence-corrected chi connectivity index (χ0v) is 10.9. The van der Waals surface area contributed by atoms with Crippen LogP contribution in [0, 0.1) is 5.82 Å². The van der Waals surface area contributed by atoms with Crippen LogP contribution < -0.4 is 0 Å². The monoisotopic (exact) mass is 278 g/mol. The third-order valence-corrected chi connectivity index (χ3v) is 3.31. The fourth-order valence-electron chi connectivity index (χ4n) is 2.18. The normalized spacial score (nSPS) is 11.3. The molecule has 19 heavy (non-hydrogen) atoms. The van der Waals surface area contributed by atoms with Gasteiger partial charge < -0.3 is 8.98 Å². The summed E-state index contributed by atoms with van der Waals surface area (Å²) in [7, 11) is 0. The minimum absolute atomic E-state index is 0.288. The Hall–Kier alpha value is -1.81. The molecule has 98 valence electrons. The van der Waals surface area contributed by atoms with Crippen LogP contribution in [0.2, 0.25) is 0 Å². The molecule has 0 radical (unpaired) electrons. The largest absolute Gasteiger partial charge is 0.469 e. The summed E-state index contributed by atoms with van der Waals surface area (Å²) in [6.07, 6.45) is 2.40. The van der Waals surface area contributed by atoms with Gasteiger partial charge in [-0.05, 0) is 24.3 Å². The maximum atomic E-state index is 13.2. The van der Waals surface area contributed by atoms with E-state index in [-0.39, 0.29) is 5.82 Å². The number of hydrogen-bond donors (Lipinski definition) is 0. The number of alkyl halides is 1. The van der Waals surface area contributed by atoms with Gasteiger partial charge in [0.15, 0.2) is 0 Å². The number of imidazole rings is 1. The molecule has 0 bridgehead atoms. The van der Waals surface area contributed by atoms with E-state index < -0.39 is 0 Å².